The number of ketones is 1. The highest BCUT2D eigenvalue weighted by Crippen LogP contribution is 2.37. The lowest BCUT2D eigenvalue weighted by atomic mass is 10.0. The van der Waals surface area contributed by atoms with Crippen molar-refractivity contribution < 1.29 is 23.4 Å². The highest BCUT2D eigenvalue weighted by Gasteiger charge is 2.22. The van der Waals surface area contributed by atoms with E-state index in [0.29, 0.717) is 39.5 Å². The predicted molar refractivity (Wildman–Crippen MR) is 141 cm³/mol. The van der Waals surface area contributed by atoms with Crippen molar-refractivity contribution in [3.05, 3.63) is 87.1 Å². The van der Waals surface area contributed by atoms with Gasteiger partial charge in [-0.05, 0) is 60.7 Å². The molecule has 3 aromatic carbocycles. The lowest BCUT2D eigenvalue weighted by Crippen LogP contribution is -2.17. The van der Waals surface area contributed by atoms with Gasteiger partial charge in [0.15, 0.2) is 29.6 Å². The molecule has 0 saturated heterocycles. The Kier molecular flexibility index (Phi) is 7.15. The molecule has 0 unspecified atom stereocenters. The van der Waals surface area contributed by atoms with E-state index in [9.17, 15) is 9.59 Å². The Morgan fingerprint density at radius 2 is 1.61 bits per heavy atom. The molecule has 0 fully saturated rings. The van der Waals surface area contributed by atoms with Gasteiger partial charge < -0.3 is 18.6 Å². The predicted octanol–water partition coefficient (Wildman–Crippen LogP) is 6.48. The first-order valence-electron chi connectivity index (χ1n) is 11.8. The van der Waals surface area contributed by atoms with Gasteiger partial charge in [-0.15, -0.1) is 0 Å². The van der Waals surface area contributed by atoms with Crippen molar-refractivity contribution in [1.29, 1.82) is 0 Å². The van der Waals surface area contributed by atoms with Crippen LogP contribution in [0.4, 0.5) is 0 Å². The fraction of sp³-hybridized carbons (Fsp3) is 0.267. The van der Waals surface area contributed by atoms with E-state index in [4.69, 9.17) is 18.6 Å². The molecular formula is C30H30O6. The molecule has 6 heteroatoms. The first-order chi connectivity index (χ1) is 17.2. The van der Waals surface area contributed by atoms with E-state index >= 15 is 0 Å². The average molecular weight is 487 g/mol. The SMILES string of the molecule is COc1ccc(-c2oc3c(C)cc(C)cc3c(=O)c2OCC(=O)c2ccc(C(C)C)cc2)cc1OC. The number of carbonyl (C=O) groups excluding carboxylic acids is 1. The van der Waals surface area contributed by atoms with E-state index in [2.05, 4.69) is 13.8 Å². The van der Waals surface area contributed by atoms with Crippen molar-refractivity contribution in [2.75, 3.05) is 20.8 Å². The normalized spacial score (nSPS) is 11.1. The number of hydrogen-bond donors (Lipinski definition) is 0. The molecule has 0 atom stereocenters. The molecule has 0 aliphatic carbocycles. The molecule has 36 heavy (non-hydrogen) atoms. The van der Waals surface area contributed by atoms with E-state index in [1.165, 1.54) is 7.11 Å². The number of benzene rings is 3. The minimum atomic E-state index is -0.337. The molecule has 0 radical (unpaired) electrons. The third kappa shape index (κ3) is 4.85. The first-order valence-corrected chi connectivity index (χ1v) is 11.8. The summed E-state index contributed by atoms with van der Waals surface area (Å²) < 4.78 is 23.0. The van der Waals surface area contributed by atoms with Crippen molar-refractivity contribution >= 4 is 16.8 Å². The second-order valence-corrected chi connectivity index (χ2v) is 9.11. The van der Waals surface area contributed by atoms with Crippen molar-refractivity contribution in [1.82, 2.24) is 0 Å². The number of methoxy groups -OCH3 is 2. The Bertz CT molecular complexity index is 1480. The number of carbonyl (C=O) groups is 1. The van der Waals surface area contributed by atoms with Crippen LogP contribution >= 0.6 is 0 Å². The van der Waals surface area contributed by atoms with Gasteiger partial charge in [-0.25, -0.2) is 0 Å². The van der Waals surface area contributed by atoms with Gasteiger partial charge in [-0.3, -0.25) is 9.59 Å². The standard InChI is InChI=1S/C30H30O6/c1-17(2)20-7-9-21(10-8-20)24(31)16-35-30-27(32)23-14-18(3)13-19(4)28(23)36-29(30)22-11-12-25(33-5)26(15-22)34-6/h7-15,17H,16H2,1-6H3. The van der Waals surface area contributed by atoms with E-state index in [0.717, 1.165) is 16.7 Å². The summed E-state index contributed by atoms with van der Waals surface area (Å²) in [6, 6.07) is 16.4. The fourth-order valence-electron chi connectivity index (χ4n) is 4.21. The molecule has 0 aliphatic rings. The zero-order valence-corrected chi connectivity index (χ0v) is 21.4. The number of hydrogen-bond acceptors (Lipinski definition) is 6. The Labute approximate surface area is 210 Å². The molecule has 0 bridgehead atoms. The molecule has 1 aromatic heterocycles. The van der Waals surface area contributed by atoms with Gasteiger partial charge in [0.05, 0.1) is 19.6 Å². The summed E-state index contributed by atoms with van der Waals surface area (Å²) >= 11 is 0. The van der Waals surface area contributed by atoms with Gasteiger partial charge in [0.1, 0.15) is 5.58 Å². The third-order valence-corrected chi connectivity index (χ3v) is 6.17. The van der Waals surface area contributed by atoms with Crippen LogP contribution < -0.4 is 19.6 Å². The molecule has 0 amide bonds. The van der Waals surface area contributed by atoms with Gasteiger partial charge in [-0.1, -0.05) is 44.2 Å². The van der Waals surface area contributed by atoms with Gasteiger partial charge >= 0.3 is 0 Å². The first kappa shape index (κ1) is 25.0. The van der Waals surface area contributed by atoms with E-state index in [-0.39, 0.29) is 29.3 Å². The van der Waals surface area contributed by atoms with Gasteiger partial charge in [0.2, 0.25) is 11.2 Å². The molecule has 0 N–H and O–H groups in total. The molecular weight excluding hydrogens is 456 g/mol. The molecule has 4 rings (SSSR count). The second-order valence-electron chi connectivity index (χ2n) is 9.11. The lowest BCUT2D eigenvalue weighted by molar-refractivity contribution is 0.0920. The number of rotatable bonds is 8. The van der Waals surface area contributed by atoms with Gasteiger partial charge in [-0.2, -0.15) is 0 Å². The van der Waals surface area contributed by atoms with Crippen molar-refractivity contribution in [2.45, 2.75) is 33.6 Å². The zero-order chi connectivity index (χ0) is 26.0. The van der Waals surface area contributed by atoms with E-state index in [1.54, 1.807) is 43.5 Å². The average Bonchev–Trinajstić information content (AvgIpc) is 2.87. The van der Waals surface area contributed by atoms with Crippen LogP contribution in [0.15, 0.2) is 63.8 Å². The molecule has 0 aliphatic heterocycles. The Hall–Kier alpha value is -4.06. The van der Waals surface area contributed by atoms with Crippen LogP contribution in [0.2, 0.25) is 0 Å². The van der Waals surface area contributed by atoms with Gasteiger partial charge in [0.25, 0.3) is 0 Å². The van der Waals surface area contributed by atoms with Crippen LogP contribution in [0.3, 0.4) is 0 Å². The highest BCUT2D eigenvalue weighted by molar-refractivity contribution is 5.97. The summed E-state index contributed by atoms with van der Waals surface area (Å²) in [6.07, 6.45) is 0. The van der Waals surface area contributed by atoms with Crippen LogP contribution in [-0.4, -0.2) is 26.6 Å². The van der Waals surface area contributed by atoms with E-state index in [1.807, 2.05) is 32.0 Å². The number of aryl methyl sites for hydroxylation is 2. The summed E-state index contributed by atoms with van der Waals surface area (Å²) in [4.78, 5) is 26.5. The maximum Gasteiger partial charge on any atom is 0.235 e. The molecule has 186 valence electrons. The highest BCUT2D eigenvalue weighted by atomic mass is 16.5. The smallest absolute Gasteiger partial charge is 0.235 e. The minimum absolute atomic E-state index is 0.0214. The summed E-state index contributed by atoms with van der Waals surface area (Å²) in [5.41, 5.74) is 4.12. The van der Waals surface area contributed by atoms with Crippen molar-refractivity contribution in [3.63, 3.8) is 0 Å². The molecule has 1 heterocycles. The lowest BCUT2D eigenvalue weighted by Gasteiger charge is -2.14. The number of Topliss-reactive ketones (excluding diaryl/α,β-unsaturated/α-hetero) is 1. The monoisotopic (exact) mass is 486 g/mol. The summed E-state index contributed by atoms with van der Waals surface area (Å²) in [5, 5.41) is 0.403. The quantitative estimate of drug-likeness (QED) is 0.265. The zero-order valence-electron chi connectivity index (χ0n) is 21.4. The Balaban J connectivity index is 1.79. The maximum absolute atomic E-state index is 13.6. The Morgan fingerprint density at radius 3 is 2.25 bits per heavy atom. The minimum Gasteiger partial charge on any atom is -0.493 e. The van der Waals surface area contributed by atoms with Crippen molar-refractivity contribution in [2.24, 2.45) is 0 Å². The summed E-state index contributed by atoms with van der Waals surface area (Å²) in [6.45, 7) is 7.69. The maximum atomic E-state index is 13.6. The topological polar surface area (TPSA) is 75.0 Å². The molecule has 4 aromatic rings. The second kappa shape index (κ2) is 10.3. The summed E-state index contributed by atoms with van der Waals surface area (Å²) in [5.74, 6) is 1.35. The number of fused-ring (bicyclic) bond motifs is 1. The molecule has 0 saturated carbocycles. The van der Waals surface area contributed by atoms with Crippen molar-refractivity contribution in [3.8, 4) is 28.6 Å². The fourth-order valence-corrected chi connectivity index (χ4v) is 4.21. The third-order valence-electron chi connectivity index (χ3n) is 6.17. The van der Waals surface area contributed by atoms with Crippen LogP contribution in [-0.2, 0) is 0 Å². The molecule has 6 nitrogen and oxygen atoms in total. The van der Waals surface area contributed by atoms with Crippen LogP contribution in [0, 0.1) is 13.8 Å². The molecule has 0 spiro atoms. The number of ether oxygens (including phenoxy) is 3. The summed E-state index contributed by atoms with van der Waals surface area (Å²) in [7, 11) is 3.08. The van der Waals surface area contributed by atoms with Gasteiger partial charge in [0, 0.05) is 11.1 Å². The van der Waals surface area contributed by atoms with Crippen LogP contribution in [0.5, 0.6) is 17.2 Å². The van der Waals surface area contributed by atoms with E-state index < -0.39 is 0 Å². The largest absolute Gasteiger partial charge is 0.493 e. The van der Waals surface area contributed by atoms with Crippen LogP contribution in [0.25, 0.3) is 22.3 Å². The Morgan fingerprint density at radius 1 is 0.917 bits per heavy atom. The van der Waals surface area contributed by atoms with Crippen LogP contribution in [0.1, 0.15) is 46.8 Å².